The second-order valence-corrected chi connectivity index (χ2v) is 7.28. The number of hydrogen-bond acceptors (Lipinski definition) is 2. The number of nitrogens with zero attached hydrogens (tertiary/aromatic N) is 1. The molecule has 2 fully saturated rings. The zero-order valence-electron chi connectivity index (χ0n) is 13.4. The maximum absolute atomic E-state index is 12.9. The topological polar surface area (TPSA) is 49.4 Å². The summed E-state index contributed by atoms with van der Waals surface area (Å²) in [6.07, 6.45) is 4.06. The molecule has 1 saturated heterocycles. The Bertz CT molecular complexity index is 399. The van der Waals surface area contributed by atoms with Gasteiger partial charge in [-0.05, 0) is 44.9 Å². The van der Waals surface area contributed by atoms with E-state index in [1.54, 1.807) is 0 Å². The molecular weight excluding hydrogens is 252 g/mol. The van der Waals surface area contributed by atoms with Gasteiger partial charge < -0.3 is 10.2 Å². The molecule has 0 bridgehead atoms. The SMILES string of the molecule is CCCC(C)(C)N1C(=O)C(C2CC2)NC(=O)C1C(C)C. The lowest BCUT2D eigenvalue weighted by atomic mass is 9.87. The van der Waals surface area contributed by atoms with Gasteiger partial charge >= 0.3 is 0 Å². The summed E-state index contributed by atoms with van der Waals surface area (Å²) in [5, 5.41) is 2.97. The van der Waals surface area contributed by atoms with Crippen molar-refractivity contribution in [2.45, 2.75) is 77.9 Å². The van der Waals surface area contributed by atoms with Crippen molar-refractivity contribution in [2.24, 2.45) is 11.8 Å². The number of amides is 2. The van der Waals surface area contributed by atoms with Gasteiger partial charge in [0.1, 0.15) is 12.1 Å². The van der Waals surface area contributed by atoms with Crippen molar-refractivity contribution in [3.05, 3.63) is 0 Å². The largest absolute Gasteiger partial charge is 0.342 e. The first-order valence-corrected chi connectivity index (χ1v) is 7.93. The summed E-state index contributed by atoms with van der Waals surface area (Å²) in [7, 11) is 0. The molecule has 2 atom stereocenters. The number of carbonyl (C=O) groups is 2. The minimum Gasteiger partial charge on any atom is -0.342 e. The average Bonchev–Trinajstić information content (AvgIpc) is 3.14. The molecule has 1 N–H and O–H groups in total. The van der Waals surface area contributed by atoms with Crippen molar-refractivity contribution >= 4 is 11.8 Å². The van der Waals surface area contributed by atoms with Crippen LogP contribution >= 0.6 is 0 Å². The molecule has 2 rings (SSSR count). The van der Waals surface area contributed by atoms with E-state index < -0.39 is 0 Å². The first-order valence-electron chi connectivity index (χ1n) is 7.93. The van der Waals surface area contributed by atoms with Crippen LogP contribution < -0.4 is 5.32 Å². The summed E-state index contributed by atoms with van der Waals surface area (Å²) in [5.74, 6) is 0.652. The molecule has 1 saturated carbocycles. The van der Waals surface area contributed by atoms with Crippen LogP contribution in [0.5, 0.6) is 0 Å². The van der Waals surface area contributed by atoms with E-state index in [0.29, 0.717) is 5.92 Å². The van der Waals surface area contributed by atoms with Crippen molar-refractivity contribution in [1.82, 2.24) is 10.2 Å². The van der Waals surface area contributed by atoms with E-state index in [4.69, 9.17) is 0 Å². The molecular formula is C16H28N2O2. The number of rotatable bonds is 5. The molecule has 2 aliphatic rings. The van der Waals surface area contributed by atoms with Gasteiger partial charge in [0.25, 0.3) is 0 Å². The van der Waals surface area contributed by atoms with Crippen molar-refractivity contribution in [3.63, 3.8) is 0 Å². The Morgan fingerprint density at radius 1 is 1.30 bits per heavy atom. The lowest BCUT2D eigenvalue weighted by molar-refractivity contribution is -0.159. The molecule has 0 aromatic heterocycles. The number of hydrogen-bond donors (Lipinski definition) is 1. The van der Waals surface area contributed by atoms with Crippen LogP contribution in [0, 0.1) is 11.8 Å². The summed E-state index contributed by atoms with van der Waals surface area (Å²) in [4.78, 5) is 27.3. The van der Waals surface area contributed by atoms with Crippen LogP contribution in [-0.4, -0.2) is 34.3 Å². The van der Waals surface area contributed by atoms with Gasteiger partial charge in [0.05, 0.1) is 0 Å². The third-order valence-electron chi connectivity index (χ3n) is 4.59. The Labute approximate surface area is 122 Å². The third kappa shape index (κ3) is 2.70. The Kier molecular flexibility index (Phi) is 4.12. The quantitative estimate of drug-likeness (QED) is 0.840. The predicted molar refractivity (Wildman–Crippen MR) is 79.1 cm³/mol. The molecule has 4 nitrogen and oxygen atoms in total. The Morgan fingerprint density at radius 3 is 2.35 bits per heavy atom. The summed E-state index contributed by atoms with van der Waals surface area (Å²) < 4.78 is 0. The molecule has 1 aliphatic heterocycles. The molecule has 0 radical (unpaired) electrons. The van der Waals surface area contributed by atoms with Crippen molar-refractivity contribution in [3.8, 4) is 0 Å². The highest BCUT2D eigenvalue weighted by Gasteiger charge is 2.51. The van der Waals surface area contributed by atoms with Gasteiger partial charge in [0.15, 0.2) is 0 Å². The molecule has 1 aliphatic carbocycles. The number of carbonyl (C=O) groups excluding carboxylic acids is 2. The van der Waals surface area contributed by atoms with E-state index in [1.165, 1.54) is 0 Å². The summed E-state index contributed by atoms with van der Waals surface area (Å²) >= 11 is 0. The molecule has 4 heteroatoms. The molecule has 20 heavy (non-hydrogen) atoms. The first kappa shape index (κ1) is 15.3. The van der Waals surface area contributed by atoms with Crippen molar-refractivity contribution in [1.29, 1.82) is 0 Å². The lowest BCUT2D eigenvalue weighted by Gasteiger charge is -2.49. The van der Waals surface area contributed by atoms with Gasteiger partial charge in [-0.3, -0.25) is 9.59 Å². The minimum atomic E-state index is -0.334. The van der Waals surface area contributed by atoms with Crippen molar-refractivity contribution in [2.75, 3.05) is 0 Å². The number of nitrogens with one attached hydrogen (secondary N) is 1. The van der Waals surface area contributed by atoms with E-state index in [-0.39, 0.29) is 35.4 Å². The van der Waals surface area contributed by atoms with Crippen LogP contribution in [0.3, 0.4) is 0 Å². The highest BCUT2D eigenvalue weighted by molar-refractivity contribution is 5.98. The van der Waals surface area contributed by atoms with Crippen LogP contribution in [0.1, 0.15) is 60.3 Å². The van der Waals surface area contributed by atoms with E-state index in [1.807, 2.05) is 18.7 Å². The normalized spacial score (nSPS) is 28.0. The molecule has 0 aromatic carbocycles. The molecule has 0 spiro atoms. The standard InChI is InChI=1S/C16H28N2O2/c1-6-9-16(4,5)18-13(10(2)3)14(19)17-12(15(18)20)11-7-8-11/h10-13H,6-9H2,1-5H3,(H,17,19). The Morgan fingerprint density at radius 2 is 1.90 bits per heavy atom. The van der Waals surface area contributed by atoms with Gasteiger partial charge in [-0.25, -0.2) is 0 Å². The molecule has 2 unspecified atom stereocenters. The minimum absolute atomic E-state index is 0.0284. The van der Waals surface area contributed by atoms with Crippen LogP contribution in [0.25, 0.3) is 0 Å². The van der Waals surface area contributed by atoms with Crippen LogP contribution in [0.4, 0.5) is 0 Å². The molecule has 2 amide bonds. The van der Waals surface area contributed by atoms with E-state index in [0.717, 1.165) is 25.7 Å². The van der Waals surface area contributed by atoms with Crippen LogP contribution in [-0.2, 0) is 9.59 Å². The number of piperazine rings is 1. The van der Waals surface area contributed by atoms with Crippen LogP contribution in [0.2, 0.25) is 0 Å². The van der Waals surface area contributed by atoms with Gasteiger partial charge in [0, 0.05) is 5.54 Å². The fourth-order valence-corrected chi connectivity index (χ4v) is 3.46. The molecule has 1 heterocycles. The summed E-state index contributed by atoms with van der Waals surface area (Å²) in [6, 6.07) is -0.618. The predicted octanol–water partition coefficient (Wildman–Crippen LogP) is 2.33. The lowest BCUT2D eigenvalue weighted by Crippen LogP contribution is -2.70. The monoisotopic (exact) mass is 280 g/mol. The van der Waals surface area contributed by atoms with Gasteiger partial charge in [0.2, 0.25) is 11.8 Å². The Balaban J connectivity index is 2.33. The maximum Gasteiger partial charge on any atom is 0.246 e. The Hall–Kier alpha value is -1.06. The van der Waals surface area contributed by atoms with Gasteiger partial charge in [-0.2, -0.15) is 0 Å². The maximum atomic E-state index is 12.9. The summed E-state index contributed by atoms with van der Waals surface area (Å²) in [5.41, 5.74) is -0.258. The second kappa shape index (κ2) is 5.38. The van der Waals surface area contributed by atoms with Gasteiger partial charge in [-0.15, -0.1) is 0 Å². The van der Waals surface area contributed by atoms with E-state index in [9.17, 15) is 9.59 Å². The smallest absolute Gasteiger partial charge is 0.246 e. The average molecular weight is 280 g/mol. The zero-order valence-corrected chi connectivity index (χ0v) is 13.4. The van der Waals surface area contributed by atoms with Crippen LogP contribution in [0.15, 0.2) is 0 Å². The zero-order chi connectivity index (χ0) is 15.1. The van der Waals surface area contributed by atoms with E-state index in [2.05, 4.69) is 26.1 Å². The molecule has 0 aromatic rings. The fourth-order valence-electron chi connectivity index (χ4n) is 3.46. The summed E-state index contributed by atoms with van der Waals surface area (Å²) in [6.45, 7) is 10.3. The highest BCUT2D eigenvalue weighted by atomic mass is 16.2. The highest BCUT2D eigenvalue weighted by Crippen LogP contribution is 2.38. The van der Waals surface area contributed by atoms with Gasteiger partial charge in [-0.1, -0.05) is 27.2 Å². The molecule has 114 valence electrons. The van der Waals surface area contributed by atoms with E-state index >= 15 is 0 Å². The van der Waals surface area contributed by atoms with Crippen molar-refractivity contribution < 1.29 is 9.59 Å². The third-order valence-corrected chi connectivity index (χ3v) is 4.59. The fraction of sp³-hybridized carbons (Fsp3) is 0.875. The first-order chi connectivity index (χ1) is 9.29. The second-order valence-electron chi connectivity index (χ2n) is 7.28.